The van der Waals surface area contributed by atoms with Crippen molar-refractivity contribution < 1.29 is 9.59 Å². The van der Waals surface area contributed by atoms with E-state index in [4.69, 9.17) is 0 Å². The number of Topliss-reactive ketones (excluding diaryl/α,β-unsaturated/α-hetero) is 1. The Kier molecular flexibility index (Phi) is 7.31. The topological polar surface area (TPSA) is 98.4 Å². The van der Waals surface area contributed by atoms with E-state index in [2.05, 4.69) is 15.5 Å². The number of nitrogens with one attached hydrogen (secondary N) is 1. The highest BCUT2D eigenvalue weighted by Gasteiger charge is 2.20. The first-order valence-electron chi connectivity index (χ1n) is 12.0. The van der Waals surface area contributed by atoms with Crippen LogP contribution in [0.3, 0.4) is 0 Å². The summed E-state index contributed by atoms with van der Waals surface area (Å²) in [5.74, 6) is 0.542. The molecule has 2 heterocycles. The number of ketones is 1. The minimum Gasteiger partial charge on any atom is -0.350 e. The van der Waals surface area contributed by atoms with Crippen molar-refractivity contribution in [3.05, 3.63) is 69.0 Å². The summed E-state index contributed by atoms with van der Waals surface area (Å²) in [5.41, 5.74) is 3.43. The fourth-order valence-corrected chi connectivity index (χ4v) is 4.96. The van der Waals surface area contributed by atoms with Crippen LogP contribution in [0.1, 0.15) is 59.5 Å². The molecule has 0 bridgehead atoms. The molecule has 0 aliphatic carbocycles. The van der Waals surface area contributed by atoms with Gasteiger partial charge in [0, 0.05) is 23.7 Å². The van der Waals surface area contributed by atoms with Crippen molar-refractivity contribution in [1.82, 2.24) is 24.5 Å². The molecule has 0 atom stereocenters. The van der Waals surface area contributed by atoms with Gasteiger partial charge in [0.1, 0.15) is 0 Å². The fraction of sp³-hybridized carbons (Fsp3) is 0.370. The number of rotatable bonds is 8. The van der Waals surface area contributed by atoms with Crippen LogP contribution in [0.15, 0.2) is 46.3 Å². The summed E-state index contributed by atoms with van der Waals surface area (Å²) in [4.78, 5) is 39.1. The van der Waals surface area contributed by atoms with Crippen molar-refractivity contribution in [1.29, 1.82) is 0 Å². The molecule has 0 unspecified atom stereocenters. The number of aromatic nitrogens is 4. The van der Waals surface area contributed by atoms with Crippen LogP contribution < -0.4 is 10.9 Å². The Bertz CT molecular complexity index is 1530. The number of hydrogen-bond acceptors (Lipinski definition) is 6. The zero-order chi connectivity index (χ0) is 26.1. The van der Waals surface area contributed by atoms with E-state index in [9.17, 15) is 14.4 Å². The number of fused-ring (bicyclic) bond motifs is 3. The van der Waals surface area contributed by atoms with Gasteiger partial charge in [-0.15, -0.1) is 10.2 Å². The second-order valence-electron chi connectivity index (χ2n) is 9.82. The SMILES string of the molecule is Cc1ccc(C)c(C(=O)CSc2nnc3n(CC(C)C)c(=O)c4ccc(C(=O)NC(C)C)cc4n23)c1. The van der Waals surface area contributed by atoms with Crippen LogP contribution in [0.4, 0.5) is 0 Å². The summed E-state index contributed by atoms with van der Waals surface area (Å²) < 4.78 is 3.40. The third kappa shape index (κ3) is 5.06. The van der Waals surface area contributed by atoms with Gasteiger partial charge in [-0.05, 0) is 63.4 Å². The van der Waals surface area contributed by atoms with Crippen LogP contribution in [0.2, 0.25) is 0 Å². The number of carbonyl (C=O) groups excluding carboxylic acids is 2. The van der Waals surface area contributed by atoms with E-state index >= 15 is 0 Å². The van der Waals surface area contributed by atoms with Gasteiger partial charge in [0.05, 0.1) is 16.7 Å². The molecule has 1 N–H and O–H groups in total. The molecule has 0 spiro atoms. The maximum Gasteiger partial charge on any atom is 0.262 e. The van der Waals surface area contributed by atoms with E-state index in [1.54, 1.807) is 27.2 Å². The molecule has 8 nitrogen and oxygen atoms in total. The largest absolute Gasteiger partial charge is 0.350 e. The molecule has 36 heavy (non-hydrogen) atoms. The minimum absolute atomic E-state index is 0.00485. The smallest absolute Gasteiger partial charge is 0.262 e. The highest BCUT2D eigenvalue weighted by Crippen LogP contribution is 2.24. The van der Waals surface area contributed by atoms with Crippen LogP contribution in [0, 0.1) is 19.8 Å². The predicted molar refractivity (Wildman–Crippen MR) is 143 cm³/mol. The number of amides is 1. The summed E-state index contributed by atoms with van der Waals surface area (Å²) >= 11 is 1.27. The van der Waals surface area contributed by atoms with Gasteiger partial charge in [0.15, 0.2) is 10.9 Å². The number of nitrogens with zero attached hydrogens (tertiary/aromatic N) is 4. The first-order valence-corrected chi connectivity index (χ1v) is 13.0. The fourth-order valence-electron chi connectivity index (χ4n) is 4.14. The zero-order valence-electron chi connectivity index (χ0n) is 21.5. The van der Waals surface area contributed by atoms with Crippen LogP contribution in [-0.4, -0.2) is 42.7 Å². The van der Waals surface area contributed by atoms with Gasteiger partial charge in [-0.1, -0.05) is 43.3 Å². The van der Waals surface area contributed by atoms with Gasteiger partial charge in [-0.25, -0.2) is 0 Å². The number of carbonyl (C=O) groups is 2. The third-order valence-corrected chi connectivity index (χ3v) is 6.76. The van der Waals surface area contributed by atoms with E-state index < -0.39 is 0 Å². The Hall–Kier alpha value is -3.46. The second-order valence-corrected chi connectivity index (χ2v) is 10.8. The van der Waals surface area contributed by atoms with Crippen LogP contribution in [-0.2, 0) is 6.54 Å². The maximum absolute atomic E-state index is 13.4. The molecule has 0 saturated carbocycles. The lowest BCUT2D eigenvalue weighted by Crippen LogP contribution is -2.30. The lowest BCUT2D eigenvalue weighted by molar-refractivity contribution is 0.0942. The number of aryl methyl sites for hydroxylation is 2. The molecule has 1 amide bonds. The van der Waals surface area contributed by atoms with Gasteiger partial charge in [0.25, 0.3) is 11.5 Å². The Morgan fingerprint density at radius 2 is 1.78 bits per heavy atom. The second kappa shape index (κ2) is 10.3. The Labute approximate surface area is 214 Å². The standard InChI is InChI=1S/C27H31N5O3S/c1-15(2)13-31-25(35)20-10-9-19(24(34)28-16(3)4)12-22(20)32-26(31)29-30-27(32)36-14-23(33)21-11-17(5)7-8-18(21)6/h7-12,15-16H,13-14H2,1-6H3,(H,28,34). The summed E-state index contributed by atoms with van der Waals surface area (Å²) in [7, 11) is 0. The quantitative estimate of drug-likeness (QED) is 0.281. The van der Waals surface area contributed by atoms with Crippen molar-refractivity contribution >= 4 is 40.1 Å². The van der Waals surface area contributed by atoms with Crippen molar-refractivity contribution in [3.63, 3.8) is 0 Å². The lowest BCUT2D eigenvalue weighted by atomic mass is 10.0. The van der Waals surface area contributed by atoms with Gasteiger partial charge < -0.3 is 5.32 Å². The normalized spacial score (nSPS) is 11.7. The van der Waals surface area contributed by atoms with Crippen molar-refractivity contribution in [2.75, 3.05) is 5.75 Å². The first-order chi connectivity index (χ1) is 17.1. The third-order valence-electron chi connectivity index (χ3n) is 5.83. The molecule has 0 fully saturated rings. The van der Waals surface area contributed by atoms with E-state index in [1.165, 1.54) is 11.8 Å². The number of thioether (sulfide) groups is 1. The zero-order valence-corrected chi connectivity index (χ0v) is 22.3. The molecule has 0 aliphatic heterocycles. The van der Waals surface area contributed by atoms with Gasteiger partial charge >= 0.3 is 0 Å². The summed E-state index contributed by atoms with van der Waals surface area (Å²) in [6.45, 7) is 12.2. The average Bonchev–Trinajstić information content (AvgIpc) is 3.24. The van der Waals surface area contributed by atoms with E-state index in [1.807, 2.05) is 59.7 Å². The molecule has 188 valence electrons. The highest BCUT2D eigenvalue weighted by atomic mass is 32.2. The Morgan fingerprint density at radius 1 is 1.03 bits per heavy atom. The molecule has 4 aromatic rings. The van der Waals surface area contributed by atoms with Crippen LogP contribution >= 0.6 is 11.8 Å². The van der Waals surface area contributed by atoms with Gasteiger partial charge in [0.2, 0.25) is 5.78 Å². The van der Waals surface area contributed by atoms with Gasteiger partial charge in [-0.3, -0.25) is 23.4 Å². The Balaban J connectivity index is 1.83. The molecule has 9 heteroatoms. The minimum atomic E-state index is -0.223. The highest BCUT2D eigenvalue weighted by molar-refractivity contribution is 7.99. The van der Waals surface area contributed by atoms with E-state index in [-0.39, 0.29) is 35.0 Å². The molecule has 0 saturated heterocycles. The molecule has 0 radical (unpaired) electrons. The van der Waals surface area contributed by atoms with Crippen molar-refractivity contribution in [2.45, 2.75) is 59.3 Å². The monoisotopic (exact) mass is 505 g/mol. The summed E-state index contributed by atoms with van der Waals surface area (Å²) in [6.07, 6.45) is 0. The number of benzene rings is 2. The number of hydrogen-bond donors (Lipinski definition) is 1. The molecular weight excluding hydrogens is 474 g/mol. The van der Waals surface area contributed by atoms with Crippen LogP contribution in [0.5, 0.6) is 0 Å². The summed E-state index contributed by atoms with van der Waals surface area (Å²) in [5, 5.41) is 12.5. The molecule has 2 aromatic heterocycles. The molecule has 4 rings (SSSR count). The van der Waals surface area contributed by atoms with E-state index in [0.717, 1.165) is 11.1 Å². The maximum atomic E-state index is 13.4. The molecule has 2 aromatic carbocycles. The lowest BCUT2D eigenvalue weighted by Gasteiger charge is -2.14. The van der Waals surface area contributed by atoms with Crippen LogP contribution in [0.25, 0.3) is 16.7 Å². The Morgan fingerprint density at radius 3 is 2.47 bits per heavy atom. The predicted octanol–water partition coefficient (Wildman–Crippen LogP) is 4.43. The van der Waals surface area contributed by atoms with Crippen molar-refractivity contribution in [2.24, 2.45) is 5.92 Å². The summed E-state index contributed by atoms with van der Waals surface area (Å²) in [6, 6.07) is 10.8. The van der Waals surface area contributed by atoms with Crippen molar-refractivity contribution in [3.8, 4) is 0 Å². The average molecular weight is 506 g/mol. The van der Waals surface area contributed by atoms with E-state index in [0.29, 0.717) is 39.5 Å². The first kappa shape index (κ1) is 25.6. The molecular formula is C27H31N5O3S. The molecule has 0 aliphatic rings. The van der Waals surface area contributed by atoms with Gasteiger partial charge in [-0.2, -0.15) is 0 Å².